The maximum Gasteiger partial charge on any atom is 0.265 e. The van der Waals surface area contributed by atoms with E-state index in [1.165, 1.54) is 25.3 Å². The number of hydrogen-bond acceptors (Lipinski definition) is 3. The zero-order valence-corrected chi connectivity index (χ0v) is 7.11. The second-order valence-corrected chi connectivity index (χ2v) is 1.97. The summed E-state index contributed by atoms with van der Waals surface area (Å²) in [5, 5.41) is 10.2. The second kappa shape index (κ2) is 5.12. The van der Waals surface area contributed by atoms with Crippen molar-refractivity contribution in [3.05, 3.63) is 46.4 Å². The molecule has 0 saturated heterocycles. The normalized spacial score (nSPS) is 11.7. The van der Waals surface area contributed by atoms with E-state index >= 15 is 0 Å². The summed E-state index contributed by atoms with van der Waals surface area (Å²) in [4.78, 5) is 9.77. The van der Waals surface area contributed by atoms with Gasteiger partial charge in [0.25, 0.3) is 5.70 Å². The van der Waals surface area contributed by atoms with E-state index in [0.717, 1.165) is 0 Å². The second-order valence-electron chi connectivity index (χ2n) is 1.97. The summed E-state index contributed by atoms with van der Waals surface area (Å²) in [6, 6.07) is 0. The van der Waals surface area contributed by atoms with Gasteiger partial charge in [-0.3, -0.25) is 10.1 Å². The highest BCUT2D eigenvalue weighted by molar-refractivity contribution is 5.18. The summed E-state index contributed by atoms with van der Waals surface area (Å²) in [6.45, 7) is 5.08. The largest absolute Gasteiger partial charge is 0.497 e. The Kier molecular flexibility index (Phi) is 4.45. The number of hydrogen-bond donors (Lipinski definition) is 0. The first-order valence-electron chi connectivity index (χ1n) is 3.33. The lowest BCUT2D eigenvalue weighted by molar-refractivity contribution is -0.419. The average Bonchev–Trinajstić information content (AvgIpc) is 2.04. The Morgan fingerprint density at radius 1 is 1.58 bits per heavy atom. The van der Waals surface area contributed by atoms with Crippen LogP contribution in [-0.2, 0) is 4.74 Å². The van der Waals surface area contributed by atoms with Crippen molar-refractivity contribution in [2.24, 2.45) is 0 Å². The molecule has 0 rings (SSSR count). The van der Waals surface area contributed by atoms with E-state index in [9.17, 15) is 10.1 Å². The summed E-state index contributed by atoms with van der Waals surface area (Å²) in [5.74, 6) is 0.385. The third-order valence-electron chi connectivity index (χ3n) is 1.21. The predicted octanol–water partition coefficient (Wildman–Crippen LogP) is 1.88. The minimum Gasteiger partial charge on any atom is -0.497 e. The van der Waals surface area contributed by atoms with Gasteiger partial charge < -0.3 is 4.74 Å². The van der Waals surface area contributed by atoms with E-state index in [1.807, 2.05) is 0 Å². The first-order valence-corrected chi connectivity index (χ1v) is 3.33. The number of methoxy groups -OCH3 is 1. The third-order valence-corrected chi connectivity index (χ3v) is 1.21. The molecule has 0 heterocycles. The summed E-state index contributed by atoms with van der Waals surface area (Å²) in [7, 11) is 1.45. The van der Waals surface area contributed by atoms with E-state index < -0.39 is 4.92 Å². The molecule has 0 aliphatic rings. The number of ether oxygens (including phenoxy) is 1. The van der Waals surface area contributed by atoms with Crippen molar-refractivity contribution >= 4 is 0 Å². The molecule has 0 atom stereocenters. The zero-order valence-electron chi connectivity index (χ0n) is 7.11. The van der Waals surface area contributed by atoms with Crippen LogP contribution in [0, 0.1) is 10.1 Å². The van der Waals surface area contributed by atoms with Crippen LogP contribution in [0.15, 0.2) is 36.3 Å². The number of rotatable bonds is 4. The molecule has 0 aromatic rings. The Balaban J connectivity index is 4.32. The van der Waals surface area contributed by atoms with Gasteiger partial charge in [-0.2, -0.15) is 0 Å². The number of allylic oxidation sites excluding steroid dienone is 3. The molecule has 0 aliphatic carbocycles. The van der Waals surface area contributed by atoms with Crippen molar-refractivity contribution in [1.82, 2.24) is 0 Å². The molecule has 0 aliphatic heterocycles. The van der Waals surface area contributed by atoms with Crippen molar-refractivity contribution < 1.29 is 9.66 Å². The smallest absolute Gasteiger partial charge is 0.265 e. The minimum absolute atomic E-state index is 0.0215. The summed E-state index contributed by atoms with van der Waals surface area (Å²) in [5.41, 5.74) is 0.0215. The first kappa shape index (κ1) is 10.4. The fraction of sp³-hybridized carbons (Fsp3) is 0.250. The van der Waals surface area contributed by atoms with Crippen LogP contribution < -0.4 is 0 Å². The minimum atomic E-state index is -0.473. The van der Waals surface area contributed by atoms with E-state index in [1.54, 1.807) is 6.92 Å². The van der Waals surface area contributed by atoms with Crippen LogP contribution in [0.5, 0.6) is 0 Å². The van der Waals surface area contributed by atoms with Crippen molar-refractivity contribution in [3.8, 4) is 0 Å². The highest BCUT2D eigenvalue weighted by atomic mass is 16.6. The van der Waals surface area contributed by atoms with E-state index in [4.69, 9.17) is 4.74 Å². The van der Waals surface area contributed by atoms with Crippen LogP contribution in [0.1, 0.15) is 6.92 Å². The van der Waals surface area contributed by atoms with Crippen LogP contribution in [0.25, 0.3) is 0 Å². The average molecular weight is 169 g/mol. The predicted molar refractivity (Wildman–Crippen MR) is 46.0 cm³/mol. The highest BCUT2D eigenvalue weighted by Gasteiger charge is 2.02. The van der Waals surface area contributed by atoms with Gasteiger partial charge in [0.05, 0.1) is 12.0 Å². The molecule has 66 valence electrons. The molecule has 0 aromatic carbocycles. The van der Waals surface area contributed by atoms with Gasteiger partial charge >= 0.3 is 0 Å². The Morgan fingerprint density at radius 3 is 2.50 bits per heavy atom. The van der Waals surface area contributed by atoms with Crippen molar-refractivity contribution in [1.29, 1.82) is 0 Å². The molecule has 0 aromatic heterocycles. The van der Waals surface area contributed by atoms with Gasteiger partial charge in [-0.15, -0.1) is 0 Å². The fourth-order valence-corrected chi connectivity index (χ4v) is 0.509. The van der Waals surface area contributed by atoms with Crippen LogP contribution in [0.2, 0.25) is 0 Å². The molecular weight excluding hydrogens is 158 g/mol. The molecule has 0 saturated carbocycles. The SMILES string of the molecule is C=C(/C=C\C(=C/C)[N+](=O)[O-])OC. The number of nitro groups is 1. The first-order chi connectivity index (χ1) is 5.61. The molecule has 0 spiro atoms. The maximum atomic E-state index is 10.2. The molecule has 0 fully saturated rings. The van der Waals surface area contributed by atoms with Crippen LogP contribution in [0.3, 0.4) is 0 Å². The van der Waals surface area contributed by atoms with Gasteiger partial charge in [0.15, 0.2) is 0 Å². The van der Waals surface area contributed by atoms with E-state index in [0.29, 0.717) is 5.76 Å². The molecule has 12 heavy (non-hydrogen) atoms. The van der Waals surface area contributed by atoms with Gasteiger partial charge in [-0.1, -0.05) is 6.58 Å². The van der Waals surface area contributed by atoms with Gasteiger partial charge in [0.2, 0.25) is 0 Å². The molecule has 0 N–H and O–H groups in total. The van der Waals surface area contributed by atoms with Gasteiger partial charge in [-0.05, 0) is 19.1 Å². The Bertz CT molecular complexity index is 241. The van der Waals surface area contributed by atoms with Crippen LogP contribution >= 0.6 is 0 Å². The van der Waals surface area contributed by atoms with Crippen molar-refractivity contribution in [3.63, 3.8) is 0 Å². The quantitative estimate of drug-likeness (QED) is 0.279. The fourth-order valence-electron chi connectivity index (χ4n) is 0.509. The summed E-state index contributed by atoms with van der Waals surface area (Å²) >= 11 is 0. The molecule has 0 amide bonds. The highest BCUT2D eigenvalue weighted by Crippen LogP contribution is 2.01. The van der Waals surface area contributed by atoms with Gasteiger partial charge in [0, 0.05) is 6.08 Å². The lowest BCUT2D eigenvalue weighted by atomic mass is 10.3. The molecule has 0 radical (unpaired) electrons. The summed E-state index contributed by atoms with van der Waals surface area (Å²) in [6.07, 6.45) is 4.18. The zero-order chi connectivity index (χ0) is 9.56. The van der Waals surface area contributed by atoms with Gasteiger partial charge in [-0.25, -0.2) is 0 Å². The monoisotopic (exact) mass is 169 g/mol. The molecule has 4 nitrogen and oxygen atoms in total. The standard InChI is InChI=1S/C8H11NO3/c1-4-8(9(10)11)6-5-7(2)12-3/h4-6H,2H2,1,3H3/b6-5-,8-4+. The summed E-state index contributed by atoms with van der Waals surface area (Å²) < 4.78 is 4.69. The Morgan fingerprint density at radius 2 is 2.17 bits per heavy atom. The maximum absolute atomic E-state index is 10.2. The lowest BCUT2D eigenvalue weighted by Gasteiger charge is -1.94. The van der Waals surface area contributed by atoms with E-state index in [-0.39, 0.29) is 5.70 Å². The van der Waals surface area contributed by atoms with E-state index in [2.05, 4.69) is 6.58 Å². The van der Waals surface area contributed by atoms with Crippen molar-refractivity contribution in [2.45, 2.75) is 6.92 Å². The molecule has 0 unspecified atom stereocenters. The lowest BCUT2D eigenvalue weighted by Crippen LogP contribution is -1.94. The Labute approximate surface area is 71.0 Å². The number of nitrogens with zero attached hydrogens (tertiary/aromatic N) is 1. The van der Waals surface area contributed by atoms with Crippen LogP contribution in [-0.4, -0.2) is 12.0 Å². The molecular formula is C8H11NO3. The topological polar surface area (TPSA) is 52.4 Å². The van der Waals surface area contributed by atoms with Crippen LogP contribution in [0.4, 0.5) is 0 Å². The van der Waals surface area contributed by atoms with Gasteiger partial charge in [0.1, 0.15) is 5.76 Å². The molecule has 0 bridgehead atoms. The third kappa shape index (κ3) is 3.55. The molecule has 4 heteroatoms. The Hall–Kier alpha value is -1.58. The van der Waals surface area contributed by atoms with Crippen molar-refractivity contribution in [2.75, 3.05) is 7.11 Å².